The molecule has 174 valence electrons. The van der Waals surface area contributed by atoms with E-state index in [1.54, 1.807) is 13.2 Å². The number of Topliss-reactive ketones (excluding diaryl/α,β-unsaturated/α-hetero) is 1. The van der Waals surface area contributed by atoms with Crippen LogP contribution in [0.1, 0.15) is 56.0 Å². The molecular formula is C27H31NO5. The van der Waals surface area contributed by atoms with Gasteiger partial charge in [-0.25, -0.2) is 0 Å². The fourth-order valence-corrected chi connectivity index (χ4v) is 4.54. The predicted octanol–water partition coefficient (Wildman–Crippen LogP) is 4.38. The zero-order chi connectivity index (χ0) is 23.9. The Morgan fingerprint density at radius 1 is 1.15 bits per heavy atom. The van der Waals surface area contributed by atoms with E-state index in [1.165, 1.54) is 4.90 Å². The Morgan fingerprint density at radius 3 is 2.48 bits per heavy atom. The number of carbonyl (C=O) groups excluding carboxylic acids is 2. The molecule has 1 amide bonds. The van der Waals surface area contributed by atoms with Crippen LogP contribution < -0.4 is 4.74 Å². The molecule has 2 heterocycles. The normalized spacial score (nSPS) is 21.9. The molecule has 0 spiro atoms. The lowest BCUT2D eigenvalue weighted by atomic mass is 9.85. The largest absolute Gasteiger partial charge is 0.507 e. The highest BCUT2D eigenvalue weighted by Crippen LogP contribution is 2.41. The van der Waals surface area contributed by atoms with Crippen molar-refractivity contribution >= 4 is 17.4 Å². The lowest BCUT2D eigenvalue weighted by Gasteiger charge is -2.26. The monoisotopic (exact) mass is 449 g/mol. The van der Waals surface area contributed by atoms with Crippen LogP contribution in [0.5, 0.6) is 5.75 Å². The number of amides is 1. The minimum absolute atomic E-state index is 0.0278. The summed E-state index contributed by atoms with van der Waals surface area (Å²) in [4.78, 5) is 27.6. The molecule has 2 aliphatic heterocycles. The quantitative estimate of drug-likeness (QED) is 0.417. The lowest BCUT2D eigenvalue weighted by molar-refractivity contribution is -0.140. The van der Waals surface area contributed by atoms with Crippen LogP contribution >= 0.6 is 0 Å². The highest BCUT2D eigenvalue weighted by molar-refractivity contribution is 6.46. The van der Waals surface area contributed by atoms with Crippen LogP contribution in [-0.4, -0.2) is 48.1 Å². The van der Waals surface area contributed by atoms with Crippen LogP contribution in [0.3, 0.4) is 0 Å². The number of methoxy groups -OCH3 is 1. The fourth-order valence-electron chi connectivity index (χ4n) is 4.54. The van der Waals surface area contributed by atoms with Gasteiger partial charge in [-0.3, -0.25) is 9.59 Å². The van der Waals surface area contributed by atoms with Gasteiger partial charge in [0, 0.05) is 25.6 Å². The van der Waals surface area contributed by atoms with Crippen molar-refractivity contribution < 1.29 is 24.2 Å². The Morgan fingerprint density at radius 2 is 1.85 bits per heavy atom. The average Bonchev–Trinajstić information content (AvgIpc) is 3.27. The van der Waals surface area contributed by atoms with Gasteiger partial charge in [0.1, 0.15) is 17.6 Å². The first-order valence-electron chi connectivity index (χ1n) is 11.3. The Kier molecular flexibility index (Phi) is 6.06. The molecule has 0 radical (unpaired) electrons. The lowest BCUT2D eigenvalue weighted by Crippen LogP contribution is -2.32. The molecule has 6 nitrogen and oxygen atoms in total. The van der Waals surface area contributed by atoms with E-state index >= 15 is 0 Å². The second-order valence-corrected chi connectivity index (χ2v) is 9.81. The standard InChI is InChI=1S/C27H31NO5/c1-16-14-19-15-18(8-11-21(19)33-16)24(29)22-23(28(12-13-32-5)26(31)25(22)30)17-6-9-20(10-7-17)27(2,3)4/h6-11,15-16,23,29H,12-14H2,1-5H3/b24-22+. The Labute approximate surface area is 194 Å². The molecule has 1 saturated heterocycles. The van der Waals surface area contributed by atoms with E-state index in [1.807, 2.05) is 43.3 Å². The third kappa shape index (κ3) is 4.27. The minimum Gasteiger partial charge on any atom is -0.507 e. The van der Waals surface area contributed by atoms with Crippen molar-refractivity contribution in [3.8, 4) is 5.75 Å². The molecule has 2 unspecified atom stereocenters. The number of hydrogen-bond donors (Lipinski definition) is 1. The van der Waals surface area contributed by atoms with Gasteiger partial charge in [0.2, 0.25) is 0 Å². The summed E-state index contributed by atoms with van der Waals surface area (Å²) >= 11 is 0. The number of nitrogens with zero attached hydrogens (tertiary/aromatic N) is 1. The van der Waals surface area contributed by atoms with Gasteiger partial charge in [-0.2, -0.15) is 0 Å². The number of ketones is 1. The van der Waals surface area contributed by atoms with Crippen LogP contribution in [-0.2, 0) is 26.2 Å². The van der Waals surface area contributed by atoms with E-state index < -0.39 is 17.7 Å². The van der Waals surface area contributed by atoms with Crippen molar-refractivity contribution in [3.63, 3.8) is 0 Å². The number of ether oxygens (including phenoxy) is 2. The zero-order valence-electron chi connectivity index (χ0n) is 19.8. The highest BCUT2D eigenvalue weighted by atomic mass is 16.5. The Bertz CT molecular complexity index is 1110. The molecule has 0 aliphatic carbocycles. The van der Waals surface area contributed by atoms with Gasteiger partial charge in [0.05, 0.1) is 18.2 Å². The van der Waals surface area contributed by atoms with Crippen molar-refractivity contribution in [2.24, 2.45) is 0 Å². The van der Waals surface area contributed by atoms with E-state index in [-0.39, 0.29) is 36.0 Å². The first kappa shape index (κ1) is 23.1. The van der Waals surface area contributed by atoms with Crippen molar-refractivity contribution in [3.05, 3.63) is 70.3 Å². The molecule has 0 saturated carbocycles. The van der Waals surface area contributed by atoms with Crippen LogP contribution in [0.25, 0.3) is 5.76 Å². The second kappa shape index (κ2) is 8.67. The minimum atomic E-state index is -0.683. The number of aliphatic hydroxyl groups excluding tert-OH is 1. The zero-order valence-corrected chi connectivity index (χ0v) is 19.8. The van der Waals surface area contributed by atoms with Crippen molar-refractivity contribution in [2.75, 3.05) is 20.3 Å². The van der Waals surface area contributed by atoms with Crippen molar-refractivity contribution in [1.29, 1.82) is 0 Å². The predicted molar refractivity (Wildman–Crippen MR) is 126 cm³/mol. The molecule has 1 fully saturated rings. The summed E-state index contributed by atoms with van der Waals surface area (Å²) in [5.74, 6) is -0.690. The maximum atomic E-state index is 13.1. The number of carbonyl (C=O) groups is 2. The summed E-state index contributed by atoms with van der Waals surface area (Å²) in [7, 11) is 1.55. The van der Waals surface area contributed by atoms with Crippen molar-refractivity contribution in [1.82, 2.24) is 4.90 Å². The average molecular weight is 450 g/mol. The molecule has 6 heteroatoms. The van der Waals surface area contributed by atoms with E-state index in [4.69, 9.17) is 9.47 Å². The SMILES string of the molecule is COCCN1C(=O)C(=O)/C(=C(/O)c2ccc3c(c2)CC(C)O3)C1c1ccc(C(C)(C)C)cc1. The summed E-state index contributed by atoms with van der Waals surface area (Å²) in [6.45, 7) is 8.92. The van der Waals surface area contributed by atoms with Crippen LogP contribution in [0, 0.1) is 0 Å². The summed E-state index contributed by atoms with van der Waals surface area (Å²) in [5, 5.41) is 11.3. The molecule has 2 aromatic rings. The maximum absolute atomic E-state index is 13.1. The number of likely N-dealkylation sites (tertiary alicyclic amines) is 1. The van der Waals surface area contributed by atoms with E-state index in [9.17, 15) is 14.7 Å². The molecular weight excluding hydrogens is 418 g/mol. The van der Waals surface area contributed by atoms with Gasteiger partial charge in [0.15, 0.2) is 0 Å². The van der Waals surface area contributed by atoms with Crippen LogP contribution in [0.2, 0.25) is 0 Å². The third-order valence-corrected chi connectivity index (χ3v) is 6.34. The smallest absolute Gasteiger partial charge is 0.295 e. The third-order valence-electron chi connectivity index (χ3n) is 6.34. The van der Waals surface area contributed by atoms with Crippen LogP contribution in [0.4, 0.5) is 0 Å². The van der Waals surface area contributed by atoms with E-state index in [0.29, 0.717) is 5.56 Å². The summed E-state index contributed by atoms with van der Waals surface area (Å²) in [5.41, 5.74) is 3.48. The van der Waals surface area contributed by atoms with Gasteiger partial charge in [0.25, 0.3) is 11.7 Å². The van der Waals surface area contributed by atoms with Gasteiger partial charge >= 0.3 is 0 Å². The summed E-state index contributed by atoms with van der Waals surface area (Å²) in [6, 6.07) is 12.6. The van der Waals surface area contributed by atoms with Gasteiger partial charge < -0.3 is 19.5 Å². The fraction of sp³-hybridized carbons (Fsp3) is 0.407. The molecule has 2 aliphatic rings. The molecule has 2 atom stereocenters. The highest BCUT2D eigenvalue weighted by Gasteiger charge is 2.46. The number of aliphatic hydroxyl groups is 1. The van der Waals surface area contributed by atoms with Gasteiger partial charge in [-0.05, 0) is 47.2 Å². The molecule has 0 aromatic heterocycles. The molecule has 33 heavy (non-hydrogen) atoms. The molecule has 1 N–H and O–H groups in total. The van der Waals surface area contributed by atoms with Gasteiger partial charge in [-0.1, -0.05) is 45.0 Å². The first-order valence-corrected chi connectivity index (χ1v) is 11.3. The van der Waals surface area contributed by atoms with E-state index in [0.717, 1.165) is 28.9 Å². The summed E-state index contributed by atoms with van der Waals surface area (Å²) in [6.07, 6.45) is 0.800. The number of rotatable bonds is 5. The molecule has 4 rings (SSSR count). The number of benzene rings is 2. The number of hydrogen-bond acceptors (Lipinski definition) is 5. The Balaban J connectivity index is 1.81. The molecule has 2 aromatic carbocycles. The second-order valence-electron chi connectivity index (χ2n) is 9.81. The topological polar surface area (TPSA) is 76.1 Å². The van der Waals surface area contributed by atoms with Gasteiger partial charge in [-0.15, -0.1) is 0 Å². The number of fused-ring (bicyclic) bond motifs is 1. The van der Waals surface area contributed by atoms with Crippen molar-refractivity contribution in [2.45, 2.75) is 51.7 Å². The summed E-state index contributed by atoms with van der Waals surface area (Å²) < 4.78 is 10.9. The van der Waals surface area contributed by atoms with E-state index in [2.05, 4.69) is 20.8 Å². The molecule has 0 bridgehead atoms. The Hall–Kier alpha value is -3.12. The first-order chi connectivity index (χ1) is 15.6. The maximum Gasteiger partial charge on any atom is 0.295 e. The van der Waals surface area contributed by atoms with Crippen LogP contribution in [0.15, 0.2) is 48.0 Å².